The molecule has 2 aromatic rings. The van der Waals surface area contributed by atoms with Crippen molar-refractivity contribution in [3.63, 3.8) is 0 Å². The van der Waals surface area contributed by atoms with E-state index in [2.05, 4.69) is 25.8 Å². The average molecular weight is 291 g/mol. The van der Waals surface area contributed by atoms with Crippen LogP contribution in [0.15, 0.2) is 18.3 Å². The number of benzene rings is 1. The predicted molar refractivity (Wildman–Crippen MR) is 82.4 cm³/mol. The van der Waals surface area contributed by atoms with Crippen LogP contribution in [0.3, 0.4) is 0 Å². The van der Waals surface area contributed by atoms with Gasteiger partial charge in [0, 0.05) is 17.6 Å². The van der Waals surface area contributed by atoms with Gasteiger partial charge in [-0.3, -0.25) is 0 Å². The van der Waals surface area contributed by atoms with Gasteiger partial charge in [0.2, 0.25) is 0 Å². The van der Waals surface area contributed by atoms with Gasteiger partial charge < -0.3 is 4.98 Å². The first-order chi connectivity index (χ1) is 9.86. The summed E-state index contributed by atoms with van der Waals surface area (Å²) in [6, 6.07) is 2.40. The first-order valence-electron chi connectivity index (χ1n) is 7.82. The molecule has 1 N–H and O–H groups in total. The third kappa shape index (κ3) is 2.70. The number of aromatic amines is 1. The van der Waals surface area contributed by atoms with E-state index in [1.807, 2.05) is 6.20 Å². The maximum absolute atomic E-state index is 13.8. The molecule has 0 atom stereocenters. The van der Waals surface area contributed by atoms with Crippen LogP contribution in [0.2, 0.25) is 0 Å². The monoisotopic (exact) mass is 291 g/mol. The molecule has 0 aliphatic heterocycles. The van der Waals surface area contributed by atoms with Crippen molar-refractivity contribution in [1.29, 1.82) is 0 Å². The van der Waals surface area contributed by atoms with E-state index in [0.717, 1.165) is 30.4 Å². The molecule has 1 heterocycles. The fraction of sp³-hybridized carbons (Fsp3) is 0.556. The van der Waals surface area contributed by atoms with Crippen molar-refractivity contribution in [1.82, 2.24) is 4.98 Å². The first-order valence-corrected chi connectivity index (χ1v) is 7.82. The fourth-order valence-corrected chi connectivity index (χ4v) is 3.78. The number of hydrogen-bond acceptors (Lipinski definition) is 0. The SMILES string of the molecule is CC(C)(C)C1CCC(c2c[nH]c3c(F)cc(F)cc23)CC1. The second kappa shape index (κ2) is 5.11. The Balaban J connectivity index is 1.86. The van der Waals surface area contributed by atoms with Crippen LogP contribution in [0.4, 0.5) is 8.78 Å². The third-order valence-electron chi connectivity index (χ3n) is 5.13. The van der Waals surface area contributed by atoms with Gasteiger partial charge in [0.25, 0.3) is 0 Å². The Labute approximate surface area is 124 Å². The number of nitrogens with one attached hydrogen (secondary N) is 1. The Morgan fingerprint density at radius 1 is 1.05 bits per heavy atom. The van der Waals surface area contributed by atoms with Crippen LogP contribution in [0.1, 0.15) is 57.9 Å². The molecule has 1 fully saturated rings. The molecule has 3 heteroatoms. The van der Waals surface area contributed by atoms with E-state index in [4.69, 9.17) is 0 Å². The zero-order chi connectivity index (χ0) is 15.2. The largest absolute Gasteiger partial charge is 0.359 e. The predicted octanol–water partition coefficient (Wildman–Crippen LogP) is 5.77. The number of fused-ring (bicyclic) bond motifs is 1. The van der Waals surface area contributed by atoms with Crippen molar-refractivity contribution in [3.05, 3.63) is 35.5 Å². The highest BCUT2D eigenvalue weighted by atomic mass is 19.1. The summed E-state index contributed by atoms with van der Waals surface area (Å²) >= 11 is 0. The quantitative estimate of drug-likeness (QED) is 0.687. The minimum Gasteiger partial charge on any atom is -0.359 e. The van der Waals surface area contributed by atoms with E-state index < -0.39 is 11.6 Å². The van der Waals surface area contributed by atoms with Crippen molar-refractivity contribution >= 4 is 10.9 Å². The van der Waals surface area contributed by atoms with E-state index in [9.17, 15) is 8.78 Å². The summed E-state index contributed by atoms with van der Waals surface area (Å²) in [6.45, 7) is 6.90. The number of rotatable bonds is 1. The van der Waals surface area contributed by atoms with Crippen LogP contribution in [0.25, 0.3) is 10.9 Å². The third-order valence-corrected chi connectivity index (χ3v) is 5.13. The molecule has 3 rings (SSSR count). The van der Waals surface area contributed by atoms with Gasteiger partial charge in [-0.15, -0.1) is 0 Å². The zero-order valence-corrected chi connectivity index (χ0v) is 13.0. The number of H-pyrrole nitrogens is 1. The van der Waals surface area contributed by atoms with Crippen LogP contribution in [-0.4, -0.2) is 4.98 Å². The zero-order valence-electron chi connectivity index (χ0n) is 13.0. The summed E-state index contributed by atoms with van der Waals surface area (Å²) in [5, 5.41) is 0.715. The lowest BCUT2D eigenvalue weighted by molar-refractivity contribution is 0.169. The van der Waals surface area contributed by atoms with E-state index >= 15 is 0 Å². The lowest BCUT2D eigenvalue weighted by atomic mass is 9.68. The second-order valence-corrected chi connectivity index (χ2v) is 7.47. The van der Waals surface area contributed by atoms with E-state index in [1.54, 1.807) is 0 Å². The van der Waals surface area contributed by atoms with Gasteiger partial charge in [-0.2, -0.15) is 0 Å². The maximum atomic E-state index is 13.8. The Kier molecular flexibility index (Phi) is 3.54. The molecule has 1 aliphatic carbocycles. The van der Waals surface area contributed by atoms with Crippen molar-refractivity contribution < 1.29 is 8.78 Å². The van der Waals surface area contributed by atoms with Crippen LogP contribution in [0, 0.1) is 23.0 Å². The molecule has 0 unspecified atom stereocenters. The maximum Gasteiger partial charge on any atom is 0.150 e. The van der Waals surface area contributed by atoms with Crippen LogP contribution >= 0.6 is 0 Å². The molecule has 1 aromatic carbocycles. The molecule has 1 aliphatic rings. The molecule has 0 radical (unpaired) electrons. The highest BCUT2D eigenvalue weighted by molar-refractivity contribution is 5.84. The Morgan fingerprint density at radius 3 is 2.33 bits per heavy atom. The van der Waals surface area contributed by atoms with Crippen molar-refractivity contribution in [3.8, 4) is 0 Å². The number of aromatic nitrogens is 1. The fourth-order valence-electron chi connectivity index (χ4n) is 3.78. The molecule has 21 heavy (non-hydrogen) atoms. The van der Waals surface area contributed by atoms with Gasteiger partial charge >= 0.3 is 0 Å². The molecular formula is C18H23F2N. The first kappa shape index (κ1) is 14.6. The summed E-state index contributed by atoms with van der Waals surface area (Å²) in [5.74, 6) is 0.162. The molecule has 0 saturated heterocycles. The van der Waals surface area contributed by atoms with Crippen molar-refractivity contribution in [2.45, 2.75) is 52.4 Å². The van der Waals surface area contributed by atoms with Crippen LogP contribution in [0.5, 0.6) is 0 Å². The molecule has 0 bridgehead atoms. The highest BCUT2D eigenvalue weighted by Gasteiger charge is 2.31. The Bertz CT molecular complexity index is 643. The lowest BCUT2D eigenvalue weighted by Crippen LogP contribution is -2.25. The Morgan fingerprint density at radius 2 is 1.71 bits per heavy atom. The van der Waals surface area contributed by atoms with E-state index in [1.165, 1.54) is 18.9 Å². The van der Waals surface area contributed by atoms with Crippen molar-refractivity contribution in [2.75, 3.05) is 0 Å². The minimum atomic E-state index is -0.500. The smallest absolute Gasteiger partial charge is 0.150 e. The van der Waals surface area contributed by atoms with Gasteiger partial charge in [0.15, 0.2) is 0 Å². The lowest BCUT2D eigenvalue weighted by Gasteiger charge is -2.37. The summed E-state index contributed by atoms with van der Waals surface area (Å²) in [6.07, 6.45) is 6.46. The highest BCUT2D eigenvalue weighted by Crippen LogP contribution is 2.44. The molecular weight excluding hydrogens is 268 g/mol. The van der Waals surface area contributed by atoms with Crippen LogP contribution in [-0.2, 0) is 0 Å². The topological polar surface area (TPSA) is 15.8 Å². The summed E-state index contributed by atoms with van der Waals surface area (Å²) < 4.78 is 27.3. The molecule has 0 amide bonds. The van der Waals surface area contributed by atoms with Crippen molar-refractivity contribution in [2.24, 2.45) is 11.3 Å². The van der Waals surface area contributed by atoms with Gasteiger partial charge in [-0.25, -0.2) is 8.78 Å². The van der Waals surface area contributed by atoms with Gasteiger partial charge in [-0.05, 0) is 54.6 Å². The number of hydrogen-bond donors (Lipinski definition) is 1. The van der Waals surface area contributed by atoms with Gasteiger partial charge in [0.1, 0.15) is 11.6 Å². The number of halogens is 2. The molecule has 0 spiro atoms. The average Bonchev–Trinajstić information content (AvgIpc) is 2.82. The molecule has 1 aromatic heterocycles. The van der Waals surface area contributed by atoms with E-state index in [0.29, 0.717) is 22.2 Å². The summed E-state index contributed by atoms with van der Waals surface area (Å²) in [7, 11) is 0. The van der Waals surface area contributed by atoms with E-state index in [-0.39, 0.29) is 0 Å². The van der Waals surface area contributed by atoms with Gasteiger partial charge in [0.05, 0.1) is 5.52 Å². The van der Waals surface area contributed by atoms with Crippen LogP contribution < -0.4 is 0 Å². The summed E-state index contributed by atoms with van der Waals surface area (Å²) in [4.78, 5) is 2.98. The standard InChI is InChI=1S/C18H23F2N/c1-18(2,3)12-6-4-11(5-7-12)15-10-21-17-14(15)8-13(19)9-16(17)20/h8-12,21H,4-7H2,1-3H3. The normalized spacial score (nSPS) is 23.7. The molecule has 114 valence electrons. The Hall–Kier alpha value is -1.38. The summed E-state index contributed by atoms with van der Waals surface area (Å²) in [5.41, 5.74) is 1.86. The second-order valence-electron chi connectivity index (χ2n) is 7.47. The van der Waals surface area contributed by atoms with Gasteiger partial charge in [-0.1, -0.05) is 20.8 Å². The molecule has 1 nitrogen and oxygen atoms in total. The minimum absolute atomic E-state index is 0.351. The molecule has 1 saturated carbocycles.